The van der Waals surface area contributed by atoms with E-state index in [-0.39, 0.29) is 0 Å². The fourth-order valence-electron chi connectivity index (χ4n) is 0.985. The van der Waals surface area contributed by atoms with Crippen molar-refractivity contribution in [2.24, 2.45) is 0 Å². The lowest BCUT2D eigenvalue weighted by molar-refractivity contribution is 1.24. The van der Waals surface area contributed by atoms with Crippen LogP contribution in [0, 0.1) is 6.92 Å². The Morgan fingerprint density at radius 3 is 2.92 bits per heavy atom. The summed E-state index contributed by atoms with van der Waals surface area (Å²) in [6.07, 6.45) is 7.73. The van der Waals surface area contributed by atoms with E-state index in [0.717, 1.165) is 10.6 Å². The van der Waals surface area contributed by atoms with Gasteiger partial charge in [0.2, 0.25) is 0 Å². The monoisotopic (exact) mass is 191 g/mol. The smallest absolute Gasteiger partial charge is 0.0669 e. The molecule has 1 aromatic rings. The summed E-state index contributed by atoms with van der Waals surface area (Å²) < 4.78 is 0. The molecule has 1 nitrogen and oxygen atoms in total. The van der Waals surface area contributed by atoms with Gasteiger partial charge in [-0.3, -0.25) is 4.98 Å². The Bertz CT molecular complexity index is 329. The molecule has 0 radical (unpaired) electrons. The Morgan fingerprint density at radius 2 is 2.38 bits per heavy atom. The average molecular weight is 191 g/mol. The van der Waals surface area contributed by atoms with E-state index in [1.807, 2.05) is 24.5 Å². The van der Waals surface area contributed by atoms with Crippen molar-refractivity contribution in [1.29, 1.82) is 0 Å². The first-order valence-electron chi connectivity index (χ1n) is 4.07. The highest BCUT2D eigenvalue weighted by atomic mass is 32.2. The van der Waals surface area contributed by atoms with Crippen molar-refractivity contribution in [2.75, 3.05) is 6.26 Å². The Kier molecular flexibility index (Phi) is 3.77. The molecule has 0 atom stereocenters. The Hall–Kier alpha value is -1.02. The van der Waals surface area contributed by atoms with Crippen molar-refractivity contribution in [1.82, 2.24) is 4.98 Å². The summed E-state index contributed by atoms with van der Waals surface area (Å²) in [6, 6.07) is 4.00. The quantitative estimate of drug-likeness (QED) is 0.680. The summed E-state index contributed by atoms with van der Waals surface area (Å²) in [4.78, 5) is 5.42. The van der Waals surface area contributed by atoms with Crippen molar-refractivity contribution in [3.8, 4) is 0 Å². The summed E-state index contributed by atoms with van der Waals surface area (Å²) in [5, 5.41) is 0. The number of pyridine rings is 1. The standard InChI is InChI=1S/C11H13NS/c1-4-10(13-3)8-11-9(2)6-5-7-12-11/h4-8H,1H2,2-3H3/b10-8+. The normalized spacial score (nSPS) is 11.4. The minimum atomic E-state index is 1.02. The van der Waals surface area contributed by atoms with Gasteiger partial charge in [-0.05, 0) is 30.9 Å². The van der Waals surface area contributed by atoms with Gasteiger partial charge in [-0.25, -0.2) is 0 Å². The average Bonchev–Trinajstić information content (AvgIpc) is 2.17. The molecule has 0 spiro atoms. The van der Waals surface area contributed by atoms with E-state index in [2.05, 4.69) is 24.6 Å². The summed E-state index contributed by atoms with van der Waals surface area (Å²) >= 11 is 1.68. The van der Waals surface area contributed by atoms with Crippen molar-refractivity contribution in [3.63, 3.8) is 0 Å². The van der Waals surface area contributed by atoms with Gasteiger partial charge in [-0.1, -0.05) is 18.7 Å². The maximum absolute atomic E-state index is 4.28. The van der Waals surface area contributed by atoms with E-state index in [0.29, 0.717) is 0 Å². The molecular formula is C11H13NS. The van der Waals surface area contributed by atoms with Crippen LogP contribution in [0.3, 0.4) is 0 Å². The first-order valence-corrected chi connectivity index (χ1v) is 5.30. The summed E-state index contributed by atoms with van der Waals surface area (Å²) in [7, 11) is 0. The molecule has 0 aromatic carbocycles. The number of thioether (sulfide) groups is 1. The lowest BCUT2D eigenvalue weighted by atomic mass is 10.2. The number of hydrogen-bond acceptors (Lipinski definition) is 2. The third-order valence-electron chi connectivity index (χ3n) is 1.77. The SMILES string of the molecule is C=C/C(=C\c1ncccc1C)SC. The second-order valence-electron chi connectivity index (χ2n) is 2.66. The van der Waals surface area contributed by atoms with Crippen molar-refractivity contribution in [3.05, 3.63) is 47.1 Å². The number of nitrogens with zero attached hydrogens (tertiary/aromatic N) is 1. The van der Waals surface area contributed by atoms with Gasteiger partial charge < -0.3 is 0 Å². The van der Waals surface area contributed by atoms with Crippen LogP contribution in [0.5, 0.6) is 0 Å². The number of aromatic nitrogens is 1. The van der Waals surface area contributed by atoms with Gasteiger partial charge in [0.1, 0.15) is 0 Å². The third kappa shape index (κ3) is 2.74. The summed E-state index contributed by atoms with van der Waals surface area (Å²) in [5.74, 6) is 0. The zero-order valence-electron chi connectivity index (χ0n) is 7.95. The molecular weight excluding hydrogens is 178 g/mol. The first kappa shape index (κ1) is 10.1. The molecule has 2 heteroatoms. The molecule has 0 amide bonds. The molecule has 1 rings (SSSR count). The molecule has 0 unspecified atom stereocenters. The van der Waals surface area contributed by atoms with Crippen LogP contribution in [-0.4, -0.2) is 11.2 Å². The second-order valence-corrected chi connectivity index (χ2v) is 3.54. The van der Waals surface area contributed by atoms with Gasteiger partial charge in [0, 0.05) is 11.1 Å². The van der Waals surface area contributed by atoms with Gasteiger partial charge >= 0.3 is 0 Å². The molecule has 1 aromatic heterocycles. The highest BCUT2D eigenvalue weighted by Crippen LogP contribution is 2.17. The lowest BCUT2D eigenvalue weighted by Crippen LogP contribution is -1.85. The molecule has 1 heterocycles. The van der Waals surface area contributed by atoms with E-state index in [1.165, 1.54) is 5.56 Å². The molecule has 68 valence electrons. The highest BCUT2D eigenvalue weighted by molar-refractivity contribution is 8.02. The predicted molar refractivity (Wildman–Crippen MR) is 60.7 cm³/mol. The molecule has 0 saturated heterocycles. The topological polar surface area (TPSA) is 12.9 Å². The first-order chi connectivity index (χ1) is 6.27. The number of allylic oxidation sites excluding steroid dienone is 1. The van der Waals surface area contributed by atoms with Crippen LogP contribution in [0.15, 0.2) is 35.9 Å². The Balaban J connectivity index is 3.02. The van der Waals surface area contributed by atoms with E-state index in [4.69, 9.17) is 0 Å². The van der Waals surface area contributed by atoms with Crippen LogP contribution in [-0.2, 0) is 0 Å². The zero-order valence-corrected chi connectivity index (χ0v) is 8.77. The van der Waals surface area contributed by atoms with E-state index >= 15 is 0 Å². The van der Waals surface area contributed by atoms with Crippen molar-refractivity contribution in [2.45, 2.75) is 6.92 Å². The minimum absolute atomic E-state index is 1.02. The van der Waals surface area contributed by atoms with Gasteiger partial charge in [0.15, 0.2) is 0 Å². The predicted octanol–water partition coefficient (Wildman–Crippen LogP) is 3.28. The second kappa shape index (κ2) is 4.87. The number of aryl methyl sites for hydroxylation is 1. The van der Waals surface area contributed by atoms with Crippen molar-refractivity contribution < 1.29 is 0 Å². The Morgan fingerprint density at radius 1 is 1.62 bits per heavy atom. The van der Waals surface area contributed by atoms with Crippen LogP contribution in [0.1, 0.15) is 11.3 Å². The molecule has 13 heavy (non-hydrogen) atoms. The van der Waals surface area contributed by atoms with Crippen LogP contribution >= 0.6 is 11.8 Å². The van der Waals surface area contributed by atoms with E-state index in [9.17, 15) is 0 Å². The fourth-order valence-corrected chi connectivity index (χ4v) is 1.38. The number of rotatable bonds is 3. The third-order valence-corrected chi connectivity index (χ3v) is 2.52. The van der Waals surface area contributed by atoms with Gasteiger partial charge in [0.25, 0.3) is 0 Å². The van der Waals surface area contributed by atoms with Gasteiger partial charge in [-0.2, -0.15) is 0 Å². The maximum Gasteiger partial charge on any atom is 0.0669 e. The summed E-state index contributed by atoms with van der Waals surface area (Å²) in [5.41, 5.74) is 2.21. The molecule has 0 bridgehead atoms. The molecule has 0 aliphatic rings. The Labute approximate surface area is 83.6 Å². The highest BCUT2D eigenvalue weighted by Gasteiger charge is 1.95. The summed E-state index contributed by atoms with van der Waals surface area (Å²) in [6.45, 7) is 5.80. The molecule has 0 aliphatic carbocycles. The fraction of sp³-hybridized carbons (Fsp3) is 0.182. The van der Waals surface area contributed by atoms with Crippen LogP contribution in [0.25, 0.3) is 6.08 Å². The number of hydrogen-bond donors (Lipinski definition) is 0. The molecule has 0 N–H and O–H groups in total. The van der Waals surface area contributed by atoms with Gasteiger partial charge in [0.05, 0.1) is 5.69 Å². The molecule has 0 saturated carbocycles. The van der Waals surface area contributed by atoms with Crippen LogP contribution < -0.4 is 0 Å². The van der Waals surface area contributed by atoms with Crippen molar-refractivity contribution >= 4 is 17.8 Å². The maximum atomic E-state index is 4.28. The largest absolute Gasteiger partial charge is 0.257 e. The van der Waals surface area contributed by atoms with E-state index < -0.39 is 0 Å². The lowest BCUT2D eigenvalue weighted by Gasteiger charge is -1.99. The van der Waals surface area contributed by atoms with Crippen LogP contribution in [0.4, 0.5) is 0 Å². The minimum Gasteiger partial charge on any atom is -0.257 e. The molecule has 0 aliphatic heterocycles. The van der Waals surface area contributed by atoms with Crippen LogP contribution in [0.2, 0.25) is 0 Å². The molecule has 0 fully saturated rings. The zero-order chi connectivity index (χ0) is 9.68. The van der Waals surface area contributed by atoms with E-state index in [1.54, 1.807) is 18.0 Å². The van der Waals surface area contributed by atoms with Gasteiger partial charge in [-0.15, -0.1) is 11.8 Å².